The first kappa shape index (κ1) is 43.2. The third-order valence-corrected chi connectivity index (χ3v) is 15.6. The molecule has 10 rings (SSSR count). The average Bonchev–Trinajstić information content (AvgIpc) is 3.91. The Morgan fingerprint density at radius 2 is 1.65 bits per heavy atom. The predicted molar refractivity (Wildman–Crippen MR) is 239 cm³/mol. The van der Waals surface area contributed by atoms with Crippen molar-refractivity contribution in [3.8, 4) is 23.0 Å². The van der Waals surface area contributed by atoms with Crippen molar-refractivity contribution in [3.63, 3.8) is 0 Å². The molecule has 0 radical (unpaired) electrons. The number of hydrogen-bond acceptors (Lipinski definition) is 10. The number of carbonyl (C=O) groups is 4. The molecule has 2 N–H and O–H groups in total. The van der Waals surface area contributed by atoms with E-state index in [-0.39, 0.29) is 28.8 Å². The number of pyridine rings is 1. The van der Waals surface area contributed by atoms with Crippen molar-refractivity contribution in [2.24, 2.45) is 23.7 Å². The zero-order chi connectivity index (χ0) is 45.9. The fraction of sp³-hybridized carbons (Fsp3) is 0.217. The van der Waals surface area contributed by atoms with E-state index < -0.39 is 81.2 Å². The van der Waals surface area contributed by atoms with Gasteiger partial charge in [0, 0.05) is 27.2 Å². The number of methoxy groups -OCH3 is 1. The number of oxazole rings is 1. The van der Waals surface area contributed by atoms with Gasteiger partial charge < -0.3 is 14.3 Å². The molecule has 4 amide bonds. The van der Waals surface area contributed by atoms with Crippen molar-refractivity contribution in [2.45, 2.75) is 30.4 Å². The minimum absolute atomic E-state index is 0.0152. The van der Waals surface area contributed by atoms with Crippen molar-refractivity contribution in [1.29, 1.82) is 0 Å². The van der Waals surface area contributed by atoms with Crippen molar-refractivity contribution >= 4 is 101 Å². The SMILES string of the molecule is COc1cc(C2C3=CCC4C(=O)N(c5ccc(-c6nc7ccccc7o6)cc5)C(=O)C4C3CC3C(=O)N(Nc4ncc(C(F)(F)F)cc4Cl)C(=O)C32c2ccc(Cl)cc2)c(Br)c(Br)c1O. The van der Waals surface area contributed by atoms with E-state index in [1.165, 1.54) is 13.2 Å². The number of fused-ring (bicyclic) bond motifs is 5. The van der Waals surface area contributed by atoms with Crippen molar-refractivity contribution in [3.05, 3.63) is 138 Å². The third-order valence-electron chi connectivity index (χ3n) is 12.9. The van der Waals surface area contributed by atoms with Crippen LogP contribution in [0.1, 0.15) is 35.4 Å². The second-order valence-electron chi connectivity index (χ2n) is 16.1. The normalized spacial score (nSPS) is 24.0. The number of rotatable bonds is 7. The van der Waals surface area contributed by atoms with Crippen LogP contribution in [0.3, 0.4) is 0 Å². The van der Waals surface area contributed by atoms with Gasteiger partial charge in [-0.05, 0) is 122 Å². The van der Waals surface area contributed by atoms with Gasteiger partial charge >= 0.3 is 6.18 Å². The highest BCUT2D eigenvalue weighted by Gasteiger charge is 2.71. The number of carbonyl (C=O) groups excluding carboxylic acids is 4. The molecule has 65 heavy (non-hydrogen) atoms. The molecule has 2 aromatic heterocycles. The van der Waals surface area contributed by atoms with Crippen LogP contribution in [0.25, 0.3) is 22.6 Å². The quantitative estimate of drug-likeness (QED) is 0.117. The number of aromatic hydroxyl groups is 1. The Kier molecular flexibility index (Phi) is 10.4. The molecule has 0 spiro atoms. The van der Waals surface area contributed by atoms with Crippen LogP contribution in [0, 0.1) is 23.7 Å². The predicted octanol–water partition coefficient (Wildman–Crippen LogP) is 10.6. The fourth-order valence-electron chi connectivity index (χ4n) is 10.1. The van der Waals surface area contributed by atoms with Gasteiger partial charge in [0.05, 0.1) is 51.0 Å². The molecule has 330 valence electrons. The number of alkyl halides is 3. The van der Waals surface area contributed by atoms with Crippen LogP contribution < -0.4 is 15.1 Å². The molecule has 6 unspecified atom stereocenters. The smallest absolute Gasteiger partial charge is 0.417 e. The Morgan fingerprint density at radius 3 is 2.32 bits per heavy atom. The van der Waals surface area contributed by atoms with Crippen LogP contribution in [0.15, 0.2) is 116 Å². The summed E-state index contributed by atoms with van der Waals surface area (Å²) in [6.07, 6.45) is -2.43. The highest BCUT2D eigenvalue weighted by molar-refractivity contribution is 9.13. The van der Waals surface area contributed by atoms with Gasteiger partial charge in [-0.15, -0.1) is 0 Å². The summed E-state index contributed by atoms with van der Waals surface area (Å²) in [5.74, 6) is -7.85. The molecule has 1 saturated carbocycles. The number of nitrogens with one attached hydrogen (secondary N) is 1. The Balaban J connectivity index is 1.11. The summed E-state index contributed by atoms with van der Waals surface area (Å²) < 4.78 is 52.9. The second kappa shape index (κ2) is 15.7. The van der Waals surface area contributed by atoms with E-state index in [1.807, 2.05) is 24.3 Å². The van der Waals surface area contributed by atoms with Crippen LogP contribution in [0.4, 0.5) is 24.7 Å². The number of amides is 4. The van der Waals surface area contributed by atoms with Crippen molar-refractivity contribution < 1.29 is 46.6 Å². The number of phenols is 1. The van der Waals surface area contributed by atoms with Crippen LogP contribution in [-0.2, 0) is 30.8 Å². The van der Waals surface area contributed by atoms with Gasteiger partial charge in [-0.3, -0.25) is 29.5 Å². The van der Waals surface area contributed by atoms with Crippen molar-refractivity contribution in [2.75, 3.05) is 17.4 Å². The van der Waals surface area contributed by atoms with Gasteiger partial charge in [-0.1, -0.05) is 59.1 Å². The summed E-state index contributed by atoms with van der Waals surface area (Å²) >= 11 is 19.8. The first-order valence-electron chi connectivity index (χ1n) is 20.0. The topological polar surface area (TPSA) is 155 Å². The van der Waals surface area contributed by atoms with Crippen molar-refractivity contribution in [1.82, 2.24) is 15.0 Å². The molecule has 2 aliphatic carbocycles. The maximum absolute atomic E-state index is 15.6. The maximum Gasteiger partial charge on any atom is 0.417 e. The van der Waals surface area contributed by atoms with Gasteiger partial charge in [0.1, 0.15) is 5.52 Å². The Hall–Kier alpha value is -5.75. The highest BCUT2D eigenvalue weighted by Crippen LogP contribution is 2.66. The molecule has 4 heterocycles. The number of imide groups is 2. The Labute approximate surface area is 393 Å². The van der Waals surface area contributed by atoms with Crippen LogP contribution in [-0.4, -0.2) is 50.8 Å². The van der Waals surface area contributed by atoms with E-state index in [1.54, 1.807) is 54.6 Å². The third kappa shape index (κ3) is 6.59. The number of anilines is 2. The number of aromatic nitrogens is 2. The Bertz CT molecular complexity index is 3030. The summed E-state index contributed by atoms with van der Waals surface area (Å²) in [5.41, 5.74) is 3.12. The molecule has 2 saturated heterocycles. The van der Waals surface area contributed by atoms with Gasteiger partial charge in [-0.2, -0.15) is 18.2 Å². The average molecular weight is 1050 g/mol. The lowest BCUT2D eigenvalue weighted by molar-refractivity contribution is -0.139. The fourth-order valence-corrected chi connectivity index (χ4v) is 11.4. The number of halogens is 7. The number of phenolic OH excluding ortho intramolecular Hbond substituents is 1. The summed E-state index contributed by atoms with van der Waals surface area (Å²) in [4.78, 5) is 69.7. The number of ether oxygens (including phenoxy) is 1. The molecule has 0 bridgehead atoms. The summed E-state index contributed by atoms with van der Waals surface area (Å²) in [7, 11) is 1.35. The molecule has 6 atom stereocenters. The van der Waals surface area contributed by atoms with E-state index in [0.29, 0.717) is 71.7 Å². The zero-order valence-electron chi connectivity index (χ0n) is 33.4. The molecule has 4 aromatic carbocycles. The summed E-state index contributed by atoms with van der Waals surface area (Å²) in [6, 6.07) is 22.5. The van der Waals surface area contributed by atoms with E-state index in [2.05, 4.69) is 47.3 Å². The molecule has 4 aliphatic rings. The number of nitrogens with zero attached hydrogens (tertiary/aromatic N) is 4. The van der Waals surface area contributed by atoms with E-state index in [0.717, 1.165) is 4.90 Å². The molecule has 12 nitrogen and oxygen atoms in total. The summed E-state index contributed by atoms with van der Waals surface area (Å²) in [6.45, 7) is 0. The van der Waals surface area contributed by atoms with E-state index in [9.17, 15) is 27.9 Å². The largest absolute Gasteiger partial charge is 0.503 e. The molecule has 3 fully saturated rings. The standard InChI is InChI=1S/C46H30Br2Cl2F3N5O7/c1-64-33-18-28(36(47)37(48)38(33)59)35-25-14-15-26-34(43(62)57(41(26)60)24-12-6-20(7-13-24)40-55-31-4-2-3-5-32(31)65-40)27(25)17-29-42(61)58(44(63)45(29,35)21-8-10-23(49)11-9-21)56-39-30(50)16-22(19-54-39)46(51,52)53/h2-14,16,18-19,26-27,29,34-35,59H,15,17H2,1H3,(H,54,56). The minimum atomic E-state index is -4.78. The Morgan fingerprint density at radius 1 is 0.923 bits per heavy atom. The number of hydrogen-bond donors (Lipinski definition) is 2. The lowest BCUT2D eigenvalue weighted by Crippen LogP contribution is -2.53. The van der Waals surface area contributed by atoms with Crippen LogP contribution >= 0.6 is 55.1 Å². The van der Waals surface area contributed by atoms with Crippen LogP contribution in [0.5, 0.6) is 11.5 Å². The first-order chi connectivity index (χ1) is 31.0. The first-order valence-corrected chi connectivity index (χ1v) is 22.3. The molecule has 19 heteroatoms. The monoisotopic (exact) mass is 1050 g/mol. The zero-order valence-corrected chi connectivity index (χ0v) is 38.1. The maximum atomic E-state index is 15.6. The van der Waals surface area contributed by atoms with E-state index in [4.69, 9.17) is 32.4 Å². The van der Waals surface area contributed by atoms with E-state index >= 15 is 9.59 Å². The summed E-state index contributed by atoms with van der Waals surface area (Å²) in [5, 5.41) is 11.6. The molecular formula is C46H30Br2Cl2F3N5O7. The van der Waals surface area contributed by atoms with Gasteiger partial charge in [0.2, 0.25) is 17.7 Å². The van der Waals surface area contributed by atoms with Gasteiger partial charge in [0.15, 0.2) is 22.9 Å². The number of para-hydroxylation sites is 2. The lowest BCUT2D eigenvalue weighted by atomic mass is 9.49. The highest BCUT2D eigenvalue weighted by atomic mass is 79.9. The number of benzene rings is 4. The molecule has 6 aromatic rings. The number of hydrazine groups is 1. The second-order valence-corrected chi connectivity index (χ2v) is 18.5. The van der Waals surface area contributed by atoms with Gasteiger partial charge in [-0.25, -0.2) is 9.97 Å². The molecule has 2 aliphatic heterocycles. The number of allylic oxidation sites excluding steroid dienone is 2. The lowest BCUT2D eigenvalue weighted by Gasteiger charge is -2.51. The van der Waals surface area contributed by atoms with Gasteiger partial charge in [0.25, 0.3) is 11.8 Å². The minimum Gasteiger partial charge on any atom is -0.503 e. The van der Waals surface area contributed by atoms with Crippen LogP contribution in [0.2, 0.25) is 10.0 Å². The molecular weight excluding hydrogens is 1020 g/mol.